The van der Waals surface area contributed by atoms with Crippen molar-refractivity contribution in [2.75, 3.05) is 26.7 Å². The fourth-order valence-electron chi connectivity index (χ4n) is 4.02. The molecule has 0 bridgehead atoms. The molecule has 1 N–H and O–H groups in total. The fourth-order valence-corrected chi connectivity index (χ4v) is 4.02. The predicted molar refractivity (Wildman–Crippen MR) is 92.4 cm³/mol. The summed E-state index contributed by atoms with van der Waals surface area (Å²) in [5, 5.41) is 9.49. The molecule has 1 amide bonds. The molecule has 2 fully saturated rings. The summed E-state index contributed by atoms with van der Waals surface area (Å²) in [7, 11) is 1.73. The quantitative estimate of drug-likeness (QED) is 0.908. The van der Waals surface area contributed by atoms with Gasteiger partial charge in [-0.3, -0.25) is 14.5 Å². The number of carboxylic acid groups (broad SMARTS) is 1. The first-order chi connectivity index (χ1) is 11.9. The maximum absolute atomic E-state index is 12.9. The number of rotatable bonds is 4. The molecule has 2 aliphatic rings. The zero-order valence-corrected chi connectivity index (χ0v) is 14.3. The number of aliphatic carboxylic acids is 1. The maximum Gasteiger partial charge on any atom is 0.309 e. The van der Waals surface area contributed by atoms with Crippen LogP contribution in [0.2, 0.25) is 0 Å². The molecule has 0 saturated carbocycles. The Balaban J connectivity index is 1.59. The van der Waals surface area contributed by atoms with Crippen molar-refractivity contribution in [2.45, 2.75) is 24.8 Å². The molecule has 6 heteroatoms. The lowest BCUT2D eigenvalue weighted by Crippen LogP contribution is -2.56. The average molecular weight is 346 g/mol. The molecule has 0 aliphatic carbocycles. The molecule has 0 aromatic heterocycles. The monoisotopic (exact) mass is 346 g/mol. The summed E-state index contributed by atoms with van der Waals surface area (Å²) < 4.78 is 12.9. The van der Waals surface area contributed by atoms with Crippen LogP contribution in [0.1, 0.15) is 24.8 Å². The highest BCUT2D eigenvalue weighted by Crippen LogP contribution is 2.42. The standard InChI is InChI=1S/C19H23FN2O3/c1-21-17(23)13-16(18(24)25)19(21)8-11-22(12-9-19)10-2-3-14-4-6-15(20)7-5-14/h2-7,16H,8-13H2,1H3,(H,24,25). The lowest BCUT2D eigenvalue weighted by Gasteiger charge is -2.45. The molecular weight excluding hydrogens is 323 g/mol. The van der Waals surface area contributed by atoms with E-state index in [9.17, 15) is 19.1 Å². The summed E-state index contributed by atoms with van der Waals surface area (Å²) in [6.07, 6.45) is 5.45. The normalized spacial score (nSPS) is 23.7. The molecule has 25 heavy (non-hydrogen) atoms. The molecule has 134 valence electrons. The van der Waals surface area contributed by atoms with Crippen LogP contribution >= 0.6 is 0 Å². The van der Waals surface area contributed by atoms with Crippen LogP contribution in [0, 0.1) is 11.7 Å². The molecule has 2 aliphatic heterocycles. The van der Waals surface area contributed by atoms with Gasteiger partial charge in [-0.25, -0.2) is 4.39 Å². The van der Waals surface area contributed by atoms with Gasteiger partial charge in [-0.1, -0.05) is 24.3 Å². The third-order valence-corrected chi connectivity index (χ3v) is 5.63. The van der Waals surface area contributed by atoms with Crippen LogP contribution in [-0.2, 0) is 9.59 Å². The number of nitrogens with zero attached hydrogens (tertiary/aromatic N) is 2. The second-order valence-corrected chi connectivity index (χ2v) is 6.91. The highest BCUT2D eigenvalue weighted by Gasteiger charge is 2.55. The number of carbonyl (C=O) groups is 2. The SMILES string of the molecule is CN1C(=O)CC(C(=O)O)C12CCN(CC=Cc1ccc(F)cc1)CC2. The minimum absolute atomic E-state index is 0.0722. The van der Waals surface area contributed by atoms with Crippen molar-refractivity contribution in [1.82, 2.24) is 9.80 Å². The second kappa shape index (κ2) is 6.96. The third-order valence-electron chi connectivity index (χ3n) is 5.63. The summed E-state index contributed by atoms with van der Waals surface area (Å²) >= 11 is 0. The number of carbonyl (C=O) groups excluding carboxylic acids is 1. The van der Waals surface area contributed by atoms with Crippen molar-refractivity contribution in [3.63, 3.8) is 0 Å². The second-order valence-electron chi connectivity index (χ2n) is 6.91. The summed E-state index contributed by atoms with van der Waals surface area (Å²) in [5.41, 5.74) is 0.405. The lowest BCUT2D eigenvalue weighted by atomic mass is 9.77. The molecule has 1 aromatic rings. The van der Waals surface area contributed by atoms with Crippen molar-refractivity contribution in [2.24, 2.45) is 5.92 Å². The van der Waals surface area contributed by atoms with E-state index in [4.69, 9.17) is 0 Å². The molecule has 5 nitrogen and oxygen atoms in total. The van der Waals surface area contributed by atoms with E-state index in [0.29, 0.717) is 12.8 Å². The van der Waals surface area contributed by atoms with Gasteiger partial charge in [-0.05, 0) is 30.5 Å². The molecule has 2 heterocycles. The minimum atomic E-state index is -0.873. The summed E-state index contributed by atoms with van der Waals surface area (Å²) in [4.78, 5) is 27.5. The van der Waals surface area contributed by atoms with E-state index in [-0.39, 0.29) is 18.1 Å². The van der Waals surface area contributed by atoms with Crippen LogP contribution in [0.5, 0.6) is 0 Å². The molecule has 0 radical (unpaired) electrons. The Hall–Kier alpha value is -2.21. The Labute approximate surface area is 146 Å². The van der Waals surface area contributed by atoms with Crippen LogP contribution in [0.3, 0.4) is 0 Å². The average Bonchev–Trinajstić information content (AvgIpc) is 2.84. The molecular formula is C19H23FN2O3. The maximum atomic E-state index is 12.9. The number of halogens is 1. The molecule has 1 aromatic carbocycles. The number of benzene rings is 1. The lowest BCUT2D eigenvalue weighted by molar-refractivity contribution is -0.146. The van der Waals surface area contributed by atoms with Gasteiger partial charge in [0, 0.05) is 33.1 Å². The smallest absolute Gasteiger partial charge is 0.309 e. The molecule has 1 unspecified atom stereocenters. The van der Waals surface area contributed by atoms with Crippen molar-refractivity contribution in [1.29, 1.82) is 0 Å². The molecule has 1 atom stereocenters. The zero-order valence-electron chi connectivity index (χ0n) is 14.3. The summed E-state index contributed by atoms with van der Waals surface area (Å²) in [6, 6.07) is 6.33. The number of hydrogen-bond donors (Lipinski definition) is 1. The van der Waals surface area contributed by atoms with Crippen LogP contribution in [0.15, 0.2) is 30.3 Å². The number of amides is 1. The Morgan fingerprint density at radius 3 is 2.56 bits per heavy atom. The van der Waals surface area contributed by atoms with E-state index >= 15 is 0 Å². The van der Waals surface area contributed by atoms with Crippen molar-refractivity contribution >= 4 is 18.0 Å². The van der Waals surface area contributed by atoms with Crippen LogP contribution < -0.4 is 0 Å². The zero-order chi connectivity index (χ0) is 18.0. The van der Waals surface area contributed by atoms with Crippen LogP contribution in [0.25, 0.3) is 6.08 Å². The minimum Gasteiger partial charge on any atom is -0.481 e. The molecule has 3 rings (SSSR count). The first-order valence-corrected chi connectivity index (χ1v) is 8.56. The van der Waals surface area contributed by atoms with E-state index in [1.165, 1.54) is 12.1 Å². The number of likely N-dealkylation sites (tertiary alicyclic amines) is 2. The van der Waals surface area contributed by atoms with E-state index in [1.54, 1.807) is 24.1 Å². The largest absolute Gasteiger partial charge is 0.481 e. The van der Waals surface area contributed by atoms with Gasteiger partial charge in [0.15, 0.2) is 0 Å². The van der Waals surface area contributed by atoms with E-state index in [2.05, 4.69) is 4.90 Å². The van der Waals surface area contributed by atoms with Gasteiger partial charge in [0.1, 0.15) is 5.82 Å². The Morgan fingerprint density at radius 1 is 1.32 bits per heavy atom. The van der Waals surface area contributed by atoms with Gasteiger partial charge in [0.2, 0.25) is 5.91 Å². The van der Waals surface area contributed by atoms with E-state index < -0.39 is 17.4 Å². The Morgan fingerprint density at radius 2 is 1.96 bits per heavy atom. The van der Waals surface area contributed by atoms with Crippen LogP contribution in [-0.4, -0.2) is 59.0 Å². The first-order valence-electron chi connectivity index (χ1n) is 8.56. The van der Waals surface area contributed by atoms with Gasteiger partial charge in [-0.2, -0.15) is 0 Å². The third kappa shape index (κ3) is 3.44. The Bertz CT molecular complexity index is 678. The van der Waals surface area contributed by atoms with Gasteiger partial charge >= 0.3 is 5.97 Å². The first kappa shape index (κ1) is 17.6. The molecule has 2 saturated heterocycles. The topological polar surface area (TPSA) is 60.9 Å². The predicted octanol–water partition coefficient (Wildman–Crippen LogP) is 2.24. The molecule has 1 spiro atoms. The van der Waals surface area contributed by atoms with Gasteiger partial charge in [0.05, 0.1) is 11.5 Å². The fraction of sp³-hybridized carbons (Fsp3) is 0.474. The van der Waals surface area contributed by atoms with Gasteiger partial charge < -0.3 is 10.0 Å². The Kier molecular flexibility index (Phi) is 4.90. The van der Waals surface area contributed by atoms with Crippen molar-refractivity contribution in [3.8, 4) is 0 Å². The van der Waals surface area contributed by atoms with Crippen molar-refractivity contribution < 1.29 is 19.1 Å². The van der Waals surface area contributed by atoms with Gasteiger partial charge in [0.25, 0.3) is 0 Å². The highest BCUT2D eigenvalue weighted by molar-refractivity contribution is 5.88. The number of hydrogen-bond acceptors (Lipinski definition) is 3. The van der Waals surface area contributed by atoms with Crippen molar-refractivity contribution in [3.05, 3.63) is 41.7 Å². The number of carboxylic acids is 1. The van der Waals surface area contributed by atoms with E-state index in [1.807, 2.05) is 12.2 Å². The number of piperidine rings is 1. The van der Waals surface area contributed by atoms with E-state index in [0.717, 1.165) is 25.2 Å². The summed E-state index contributed by atoms with van der Waals surface area (Å²) in [6.45, 7) is 2.27. The summed E-state index contributed by atoms with van der Waals surface area (Å²) in [5.74, 6) is -1.80. The van der Waals surface area contributed by atoms with Crippen LogP contribution in [0.4, 0.5) is 4.39 Å². The highest BCUT2D eigenvalue weighted by atomic mass is 19.1. The van der Waals surface area contributed by atoms with Gasteiger partial charge in [-0.15, -0.1) is 0 Å².